The molecule has 0 aliphatic rings. The first-order valence-corrected chi connectivity index (χ1v) is 8.32. The molecule has 0 spiro atoms. The lowest BCUT2D eigenvalue weighted by atomic mass is 10.1. The Balaban J connectivity index is 2.29. The van der Waals surface area contributed by atoms with Gasteiger partial charge < -0.3 is 0 Å². The molecule has 2 rings (SSSR count). The van der Waals surface area contributed by atoms with E-state index in [-0.39, 0.29) is 5.91 Å². The Bertz CT molecular complexity index is 670. The van der Waals surface area contributed by atoms with Crippen LogP contribution in [0.15, 0.2) is 40.4 Å². The molecule has 1 aromatic carbocycles. The van der Waals surface area contributed by atoms with E-state index >= 15 is 0 Å². The van der Waals surface area contributed by atoms with Crippen LogP contribution >= 0.6 is 27.3 Å². The van der Waals surface area contributed by atoms with Crippen LogP contribution in [0.3, 0.4) is 0 Å². The average molecular weight is 365 g/mol. The number of nitrogens with one attached hydrogen (secondary N) is 1. The average Bonchev–Trinajstić information content (AvgIpc) is 2.81. The molecule has 0 fully saturated rings. The number of carbonyl (C=O) groups is 1. The number of hydrogen-bond acceptors (Lipinski definition) is 3. The van der Waals surface area contributed by atoms with Gasteiger partial charge in [-0.3, -0.25) is 10.1 Å². The number of allylic oxidation sites excluding steroid dienone is 1. The van der Waals surface area contributed by atoms with Gasteiger partial charge in [-0.15, -0.1) is 11.3 Å². The van der Waals surface area contributed by atoms with Crippen molar-refractivity contribution in [3.05, 3.63) is 45.3 Å². The first-order valence-electron chi connectivity index (χ1n) is 6.71. The molecule has 3 nitrogen and oxygen atoms in total. The highest BCUT2D eigenvalue weighted by molar-refractivity contribution is 9.10. The van der Waals surface area contributed by atoms with Crippen LogP contribution in [0, 0.1) is 0 Å². The SMILES string of the molecule is CCc1sc(NC(=O)C=C(C)C)nc1-c1ccc(Br)cc1. The second-order valence-corrected chi connectivity index (χ2v) is 6.86. The highest BCUT2D eigenvalue weighted by atomic mass is 79.9. The van der Waals surface area contributed by atoms with E-state index < -0.39 is 0 Å². The van der Waals surface area contributed by atoms with Crippen LogP contribution in [0.1, 0.15) is 25.6 Å². The number of aromatic nitrogens is 1. The van der Waals surface area contributed by atoms with E-state index in [0.29, 0.717) is 5.13 Å². The van der Waals surface area contributed by atoms with Gasteiger partial charge in [0, 0.05) is 21.0 Å². The van der Waals surface area contributed by atoms with Gasteiger partial charge in [-0.2, -0.15) is 0 Å². The van der Waals surface area contributed by atoms with Gasteiger partial charge in [-0.05, 0) is 32.4 Å². The van der Waals surface area contributed by atoms with Crippen LogP contribution in [0.2, 0.25) is 0 Å². The third-order valence-corrected chi connectivity index (χ3v) is 4.43. The van der Waals surface area contributed by atoms with E-state index in [0.717, 1.165) is 27.7 Å². The van der Waals surface area contributed by atoms with E-state index in [1.807, 2.05) is 38.1 Å². The summed E-state index contributed by atoms with van der Waals surface area (Å²) in [6.07, 6.45) is 2.47. The topological polar surface area (TPSA) is 42.0 Å². The molecule has 0 atom stereocenters. The number of halogens is 1. The number of aryl methyl sites for hydroxylation is 1. The summed E-state index contributed by atoms with van der Waals surface area (Å²) in [5, 5.41) is 3.48. The molecule has 0 aliphatic heterocycles. The largest absolute Gasteiger partial charge is 0.298 e. The second-order valence-electron chi connectivity index (χ2n) is 4.86. The van der Waals surface area contributed by atoms with Crippen LogP contribution in [0.5, 0.6) is 0 Å². The second kappa shape index (κ2) is 7.00. The van der Waals surface area contributed by atoms with Crippen molar-refractivity contribution in [3.8, 4) is 11.3 Å². The van der Waals surface area contributed by atoms with Crippen molar-refractivity contribution >= 4 is 38.3 Å². The molecular weight excluding hydrogens is 348 g/mol. The molecular formula is C16H17BrN2OS. The maximum atomic E-state index is 11.8. The van der Waals surface area contributed by atoms with Gasteiger partial charge in [0.2, 0.25) is 5.91 Å². The Morgan fingerprint density at radius 2 is 2.00 bits per heavy atom. The quantitative estimate of drug-likeness (QED) is 0.772. The smallest absolute Gasteiger partial charge is 0.250 e. The van der Waals surface area contributed by atoms with Gasteiger partial charge in [-0.1, -0.05) is 40.6 Å². The summed E-state index contributed by atoms with van der Waals surface area (Å²) in [4.78, 5) is 17.5. The van der Waals surface area contributed by atoms with Gasteiger partial charge in [-0.25, -0.2) is 4.98 Å². The first kappa shape index (κ1) is 15.9. The number of anilines is 1. The van der Waals surface area contributed by atoms with Crippen molar-refractivity contribution in [3.63, 3.8) is 0 Å². The molecule has 0 unspecified atom stereocenters. The number of hydrogen-bond donors (Lipinski definition) is 1. The number of rotatable bonds is 4. The third kappa shape index (κ3) is 4.25. The highest BCUT2D eigenvalue weighted by Gasteiger charge is 2.13. The van der Waals surface area contributed by atoms with Crippen LogP contribution in [-0.2, 0) is 11.2 Å². The van der Waals surface area contributed by atoms with Gasteiger partial charge in [0.05, 0.1) is 5.69 Å². The molecule has 0 aliphatic carbocycles. The summed E-state index contributed by atoms with van der Waals surface area (Å²) in [7, 11) is 0. The maximum Gasteiger partial charge on any atom is 0.250 e. The van der Waals surface area contributed by atoms with E-state index in [1.54, 1.807) is 6.08 Å². The van der Waals surface area contributed by atoms with Gasteiger partial charge in [0.1, 0.15) is 0 Å². The Labute approximate surface area is 137 Å². The van der Waals surface area contributed by atoms with Crippen LogP contribution in [-0.4, -0.2) is 10.9 Å². The Hall–Kier alpha value is -1.46. The zero-order chi connectivity index (χ0) is 15.4. The number of thiazole rings is 1. The highest BCUT2D eigenvalue weighted by Crippen LogP contribution is 2.32. The van der Waals surface area contributed by atoms with Crippen LogP contribution in [0.4, 0.5) is 5.13 Å². The number of carbonyl (C=O) groups excluding carboxylic acids is 1. The third-order valence-electron chi connectivity index (χ3n) is 2.79. The standard InChI is InChI=1S/C16H17BrN2OS/c1-4-13-15(11-5-7-12(17)8-6-11)19-16(21-13)18-14(20)9-10(2)3/h5-9H,4H2,1-3H3,(H,18,19,20). The van der Waals surface area contributed by atoms with Crippen LogP contribution in [0.25, 0.3) is 11.3 Å². The Kier molecular flexibility index (Phi) is 5.31. The van der Waals surface area contributed by atoms with Crippen molar-refractivity contribution in [2.45, 2.75) is 27.2 Å². The summed E-state index contributed by atoms with van der Waals surface area (Å²) in [5.41, 5.74) is 2.98. The van der Waals surface area contributed by atoms with Gasteiger partial charge >= 0.3 is 0 Å². The lowest BCUT2D eigenvalue weighted by molar-refractivity contribution is -0.111. The molecule has 0 saturated heterocycles. The molecule has 5 heteroatoms. The predicted molar refractivity (Wildman–Crippen MR) is 92.7 cm³/mol. The predicted octanol–water partition coefficient (Wildman–Crippen LogP) is 5.04. The monoisotopic (exact) mass is 364 g/mol. The molecule has 1 aromatic heterocycles. The molecule has 1 amide bonds. The van der Waals surface area contributed by atoms with E-state index in [4.69, 9.17) is 0 Å². The Morgan fingerprint density at radius 3 is 2.57 bits per heavy atom. The zero-order valence-electron chi connectivity index (χ0n) is 12.2. The van der Waals surface area contributed by atoms with Crippen molar-refractivity contribution in [2.24, 2.45) is 0 Å². The summed E-state index contributed by atoms with van der Waals surface area (Å²) >= 11 is 4.96. The van der Waals surface area contributed by atoms with Crippen molar-refractivity contribution < 1.29 is 4.79 Å². The fourth-order valence-electron chi connectivity index (χ4n) is 1.88. The minimum Gasteiger partial charge on any atom is -0.298 e. The molecule has 21 heavy (non-hydrogen) atoms. The fourth-order valence-corrected chi connectivity index (χ4v) is 3.07. The number of benzene rings is 1. The lowest BCUT2D eigenvalue weighted by Crippen LogP contribution is -2.07. The molecule has 2 aromatic rings. The van der Waals surface area contributed by atoms with Crippen LogP contribution < -0.4 is 5.32 Å². The summed E-state index contributed by atoms with van der Waals surface area (Å²) < 4.78 is 1.04. The molecule has 1 heterocycles. The van der Waals surface area contributed by atoms with Gasteiger partial charge in [0.25, 0.3) is 0 Å². The van der Waals surface area contributed by atoms with Crippen molar-refractivity contribution in [1.29, 1.82) is 0 Å². The fraction of sp³-hybridized carbons (Fsp3) is 0.250. The summed E-state index contributed by atoms with van der Waals surface area (Å²) in [5.74, 6) is -0.131. The zero-order valence-corrected chi connectivity index (χ0v) is 14.6. The van der Waals surface area contributed by atoms with E-state index in [1.165, 1.54) is 16.2 Å². The van der Waals surface area contributed by atoms with Crippen molar-refractivity contribution in [1.82, 2.24) is 4.98 Å². The molecule has 0 saturated carbocycles. The molecule has 0 bridgehead atoms. The minimum absolute atomic E-state index is 0.131. The summed E-state index contributed by atoms with van der Waals surface area (Å²) in [6.45, 7) is 5.88. The Morgan fingerprint density at radius 1 is 1.33 bits per heavy atom. The summed E-state index contributed by atoms with van der Waals surface area (Å²) in [6, 6.07) is 8.05. The maximum absolute atomic E-state index is 11.8. The molecule has 1 N–H and O–H groups in total. The normalized spacial score (nSPS) is 10.3. The molecule has 0 radical (unpaired) electrons. The van der Waals surface area contributed by atoms with Gasteiger partial charge in [0.15, 0.2) is 5.13 Å². The number of nitrogens with zero attached hydrogens (tertiary/aromatic N) is 1. The molecule has 110 valence electrons. The van der Waals surface area contributed by atoms with Crippen molar-refractivity contribution in [2.75, 3.05) is 5.32 Å². The number of amides is 1. The minimum atomic E-state index is -0.131. The first-order chi connectivity index (χ1) is 9.99. The lowest BCUT2D eigenvalue weighted by Gasteiger charge is -2.00. The van der Waals surface area contributed by atoms with E-state index in [9.17, 15) is 4.79 Å². The van der Waals surface area contributed by atoms with E-state index in [2.05, 4.69) is 33.2 Å².